The molecule has 3 aromatic carbocycles. The summed E-state index contributed by atoms with van der Waals surface area (Å²) >= 11 is 5.87. The third-order valence-electron chi connectivity index (χ3n) is 5.92. The Bertz CT molecular complexity index is 1230. The van der Waals surface area contributed by atoms with Gasteiger partial charge in [0, 0.05) is 35.4 Å². The van der Waals surface area contributed by atoms with E-state index in [4.69, 9.17) is 17.0 Å². The number of fused-ring (bicyclic) bond motifs is 4. The van der Waals surface area contributed by atoms with Crippen LogP contribution in [0.5, 0.6) is 5.75 Å². The molecule has 0 N–H and O–H groups in total. The lowest BCUT2D eigenvalue weighted by Crippen LogP contribution is -2.67. The number of hydrogen-bond donors (Lipinski definition) is 0. The number of thiocarbonyl (C=S) groups is 1. The molecule has 0 aliphatic carbocycles. The molecule has 0 aromatic heterocycles. The molecule has 1 fully saturated rings. The maximum Gasteiger partial charge on any atom is 0.269 e. The zero-order valence-electron chi connectivity index (χ0n) is 17.2. The Morgan fingerprint density at radius 3 is 2.41 bits per heavy atom. The minimum absolute atomic E-state index is 0.0716. The van der Waals surface area contributed by atoms with Gasteiger partial charge in [0.1, 0.15) is 5.75 Å². The van der Waals surface area contributed by atoms with Crippen LogP contribution in [0.2, 0.25) is 0 Å². The van der Waals surface area contributed by atoms with Gasteiger partial charge in [-0.1, -0.05) is 36.4 Å². The van der Waals surface area contributed by atoms with Crippen molar-refractivity contribution >= 4 is 34.6 Å². The molecule has 8 heteroatoms. The number of non-ortho nitro benzene ring substituents is 1. The summed E-state index contributed by atoms with van der Waals surface area (Å²) in [6, 6.07) is 22.5. The average molecular weight is 446 g/mol. The second kappa shape index (κ2) is 7.42. The Kier molecular flexibility index (Phi) is 4.67. The topological polar surface area (TPSA) is 75.9 Å². The number of rotatable bonds is 3. The van der Waals surface area contributed by atoms with E-state index in [2.05, 4.69) is 0 Å². The SMILES string of the molecule is C[C@@]12C[C@@H](c3ccccc3O1)N(C(=O)c1ccc([N+](=O)[O-])cc1)C(=S)N2c1ccccc1. The van der Waals surface area contributed by atoms with E-state index in [1.807, 2.05) is 66.4 Å². The molecule has 2 atom stereocenters. The van der Waals surface area contributed by atoms with Gasteiger partial charge < -0.3 is 4.74 Å². The summed E-state index contributed by atoms with van der Waals surface area (Å²) in [5.74, 6) is 0.394. The minimum atomic E-state index is -0.774. The summed E-state index contributed by atoms with van der Waals surface area (Å²) in [6.07, 6.45) is 0.512. The molecule has 2 heterocycles. The van der Waals surface area contributed by atoms with Crippen molar-refractivity contribution in [3.05, 3.63) is 100 Å². The van der Waals surface area contributed by atoms with E-state index in [0.717, 1.165) is 11.3 Å². The van der Waals surface area contributed by atoms with Gasteiger partial charge in [-0.2, -0.15) is 0 Å². The lowest BCUT2D eigenvalue weighted by molar-refractivity contribution is -0.384. The summed E-state index contributed by atoms with van der Waals surface area (Å²) in [6.45, 7) is 1.98. The Labute approximate surface area is 190 Å². The van der Waals surface area contributed by atoms with E-state index >= 15 is 0 Å². The number of benzene rings is 3. The lowest BCUT2D eigenvalue weighted by Gasteiger charge is -2.55. The number of amides is 1. The number of carbonyl (C=O) groups is 1. The number of anilines is 1. The first-order valence-corrected chi connectivity index (χ1v) is 10.5. The first-order chi connectivity index (χ1) is 15.4. The number of nitrogens with zero attached hydrogens (tertiary/aromatic N) is 3. The third-order valence-corrected chi connectivity index (χ3v) is 6.30. The van der Waals surface area contributed by atoms with Gasteiger partial charge in [0.25, 0.3) is 11.6 Å². The summed E-state index contributed by atoms with van der Waals surface area (Å²) in [5, 5.41) is 11.3. The van der Waals surface area contributed by atoms with Crippen molar-refractivity contribution in [1.82, 2.24) is 4.90 Å². The van der Waals surface area contributed by atoms with Gasteiger partial charge in [-0.3, -0.25) is 24.7 Å². The molecule has 0 radical (unpaired) electrons. The van der Waals surface area contributed by atoms with Gasteiger partial charge in [0.2, 0.25) is 0 Å². The molecule has 160 valence electrons. The second-order valence-corrected chi connectivity index (χ2v) is 8.33. The highest BCUT2D eigenvalue weighted by atomic mass is 32.1. The van der Waals surface area contributed by atoms with Gasteiger partial charge in [0.05, 0.1) is 11.0 Å². The van der Waals surface area contributed by atoms with Gasteiger partial charge >= 0.3 is 0 Å². The normalized spacial score (nSPS) is 21.5. The quantitative estimate of drug-likeness (QED) is 0.318. The minimum Gasteiger partial charge on any atom is -0.467 e. The van der Waals surface area contributed by atoms with Crippen LogP contribution in [-0.4, -0.2) is 26.6 Å². The molecule has 2 aliphatic rings. The Morgan fingerprint density at radius 2 is 1.72 bits per heavy atom. The average Bonchev–Trinajstić information content (AvgIpc) is 2.79. The highest BCUT2D eigenvalue weighted by molar-refractivity contribution is 7.80. The number of ether oxygens (including phenoxy) is 1. The zero-order valence-corrected chi connectivity index (χ0v) is 18.0. The molecule has 0 spiro atoms. The van der Waals surface area contributed by atoms with E-state index in [1.165, 1.54) is 24.3 Å². The Hall–Kier alpha value is -3.78. The third kappa shape index (κ3) is 3.11. The van der Waals surface area contributed by atoms with E-state index in [9.17, 15) is 14.9 Å². The molecule has 3 aromatic rings. The fraction of sp³-hybridized carbons (Fsp3) is 0.167. The predicted molar refractivity (Wildman–Crippen MR) is 124 cm³/mol. The van der Waals surface area contributed by atoms with Gasteiger partial charge in [-0.05, 0) is 49.5 Å². The largest absolute Gasteiger partial charge is 0.467 e. The number of para-hydroxylation sites is 2. The Balaban J connectivity index is 1.63. The maximum atomic E-state index is 13.7. The summed E-state index contributed by atoms with van der Waals surface area (Å²) < 4.78 is 6.43. The Morgan fingerprint density at radius 1 is 1.06 bits per heavy atom. The van der Waals surface area contributed by atoms with Crippen LogP contribution in [0.15, 0.2) is 78.9 Å². The van der Waals surface area contributed by atoms with Crippen molar-refractivity contribution in [1.29, 1.82) is 0 Å². The van der Waals surface area contributed by atoms with Gasteiger partial charge in [0.15, 0.2) is 10.8 Å². The number of hydrogen-bond acceptors (Lipinski definition) is 5. The standard InChI is InChI=1S/C24H19N3O4S/c1-24-15-20(19-9-5-6-10-21(19)31-24)25(23(32)26(24)17-7-3-2-4-8-17)22(28)16-11-13-18(14-12-16)27(29)30/h2-14,20H,15H2,1H3/t20-,24-/m0/s1. The monoisotopic (exact) mass is 445 g/mol. The van der Waals surface area contributed by atoms with E-state index in [1.54, 1.807) is 4.90 Å². The second-order valence-electron chi connectivity index (χ2n) is 7.97. The van der Waals surface area contributed by atoms with Crippen LogP contribution in [0.3, 0.4) is 0 Å². The van der Waals surface area contributed by atoms with Crippen molar-refractivity contribution in [2.45, 2.75) is 25.1 Å². The summed E-state index contributed by atoms with van der Waals surface area (Å²) in [5.41, 5.74) is 1.19. The fourth-order valence-electron chi connectivity index (χ4n) is 4.46. The first-order valence-electron chi connectivity index (χ1n) is 10.1. The molecule has 32 heavy (non-hydrogen) atoms. The van der Waals surface area contributed by atoms with Crippen LogP contribution in [0.25, 0.3) is 0 Å². The molecule has 2 bridgehead atoms. The molecule has 0 saturated carbocycles. The molecule has 1 amide bonds. The maximum absolute atomic E-state index is 13.7. The van der Waals surface area contributed by atoms with Crippen LogP contribution in [-0.2, 0) is 0 Å². The van der Waals surface area contributed by atoms with Crippen molar-refractivity contribution in [2.24, 2.45) is 0 Å². The fourth-order valence-corrected chi connectivity index (χ4v) is 4.97. The highest BCUT2D eigenvalue weighted by Crippen LogP contribution is 2.49. The number of carbonyl (C=O) groups excluding carboxylic acids is 1. The summed E-state index contributed by atoms with van der Waals surface area (Å²) in [7, 11) is 0. The van der Waals surface area contributed by atoms with Crippen LogP contribution in [0.1, 0.15) is 35.3 Å². The van der Waals surface area contributed by atoms with Crippen molar-refractivity contribution in [3.8, 4) is 5.75 Å². The number of nitro benzene ring substituents is 1. The lowest BCUT2D eigenvalue weighted by atomic mass is 9.88. The molecule has 1 saturated heterocycles. The van der Waals surface area contributed by atoms with Crippen molar-refractivity contribution in [3.63, 3.8) is 0 Å². The van der Waals surface area contributed by atoms with E-state index < -0.39 is 10.6 Å². The summed E-state index contributed by atoms with van der Waals surface area (Å²) in [4.78, 5) is 27.7. The van der Waals surface area contributed by atoms with Gasteiger partial charge in [-0.15, -0.1) is 0 Å². The number of nitro groups is 1. The molecule has 5 rings (SSSR count). The highest BCUT2D eigenvalue weighted by Gasteiger charge is 2.53. The molecule has 7 nitrogen and oxygen atoms in total. The van der Waals surface area contributed by atoms with E-state index in [0.29, 0.717) is 22.8 Å². The molecular formula is C24H19N3O4S. The van der Waals surface area contributed by atoms with Gasteiger partial charge in [-0.25, -0.2) is 0 Å². The van der Waals surface area contributed by atoms with Crippen LogP contribution >= 0.6 is 12.2 Å². The molecular weight excluding hydrogens is 426 g/mol. The van der Waals surface area contributed by atoms with Crippen LogP contribution in [0.4, 0.5) is 11.4 Å². The van der Waals surface area contributed by atoms with Crippen LogP contribution in [0, 0.1) is 10.1 Å². The van der Waals surface area contributed by atoms with Crippen molar-refractivity contribution in [2.75, 3.05) is 4.90 Å². The predicted octanol–water partition coefficient (Wildman–Crippen LogP) is 5.08. The zero-order chi connectivity index (χ0) is 22.5. The van der Waals surface area contributed by atoms with E-state index in [-0.39, 0.29) is 17.6 Å². The first kappa shape index (κ1) is 20.1. The van der Waals surface area contributed by atoms with Crippen molar-refractivity contribution < 1.29 is 14.5 Å². The molecule has 2 aliphatic heterocycles. The smallest absolute Gasteiger partial charge is 0.269 e. The van der Waals surface area contributed by atoms with Crippen LogP contribution < -0.4 is 9.64 Å². The molecule has 0 unspecified atom stereocenters.